The van der Waals surface area contributed by atoms with Crippen LogP contribution in [0.3, 0.4) is 0 Å². The van der Waals surface area contributed by atoms with E-state index in [-0.39, 0.29) is 5.56 Å². The van der Waals surface area contributed by atoms with Crippen molar-refractivity contribution in [1.82, 2.24) is 14.9 Å². The number of amides is 3. The van der Waals surface area contributed by atoms with Crippen LogP contribution in [-0.2, 0) is 16.1 Å². The predicted molar refractivity (Wildman–Crippen MR) is 101 cm³/mol. The molecule has 0 bridgehead atoms. The molecule has 0 aliphatic heterocycles. The van der Waals surface area contributed by atoms with E-state index in [9.17, 15) is 14.4 Å². The molecular weight excluding hydrogens is 380 g/mol. The number of nitrogens with two attached hydrogens (primary N) is 1. The molecule has 0 fully saturated rings. The first-order valence-electron chi connectivity index (χ1n) is 7.79. The van der Waals surface area contributed by atoms with Crippen LogP contribution >= 0.6 is 23.4 Å². The summed E-state index contributed by atoms with van der Waals surface area (Å²) >= 11 is 7.05. The van der Waals surface area contributed by atoms with Crippen molar-refractivity contribution < 1.29 is 14.3 Å². The van der Waals surface area contributed by atoms with Crippen LogP contribution in [0.4, 0.5) is 4.79 Å². The number of urea groups is 1. The van der Waals surface area contributed by atoms with Crippen molar-refractivity contribution in [3.63, 3.8) is 0 Å². The van der Waals surface area contributed by atoms with Gasteiger partial charge in [-0.1, -0.05) is 23.4 Å². The summed E-state index contributed by atoms with van der Waals surface area (Å²) in [6.45, 7) is 2.45. The smallest absolute Gasteiger partial charge is 0.318 e. The predicted octanol–water partition coefficient (Wildman–Crippen LogP) is 1.76. The highest BCUT2D eigenvalue weighted by Crippen LogP contribution is 2.24. The minimum Gasteiger partial charge on any atom is -0.385 e. The number of carbonyl (C=O) groups is 2. The molecule has 0 spiro atoms. The number of hydrogen-bond acceptors (Lipinski definition) is 6. The number of rotatable bonds is 7. The lowest BCUT2D eigenvalue weighted by Crippen LogP contribution is -2.39. The number of primary amides is 1. The zero-order valence-electron chi connectivity index (χ0n) is 14.3. The van der Waals surface area contributed by atoms with Crippen molar-refractivity contribution in [3.05, 3.63) is 33.6 Å². The van der Waals surface area contributed by atoms with E-state index in [1.54, 1.807) is 32.2 Å². The highest BCUT2D eigenvalue weighted by Gasteiger charge is 2.20. The Hall–Kier alpha value is -2.10. The van der Waals surface area contributed by atoms with Gasteiger partial charge in [-0.2, -0.15) is 0 Å². The molecule has 0 aliphatic rings. The number of hydrogen-bond donors (Lipinski definition) is 2. The number of nitrogens with one attached hydrogen (secondary N) is 1. The molecule has 2 aromatic rings. The minimum absolute atomic E-state index is 0.229. The van der Waals surface area contributed by atoms with Gasteiger partial charge in [-0.25, -0.2) is 9.78 Å². The van der Waals surface area contributed by atoms with Crippen LogP contribution in [0, 0.1) is 0 Å². The Balaban J connectivity index is 2.43. The van der Waals surface area contributed by atoms with Crippen molar-refractivity contribution in [1.29, 1.82) is 0 Å². The van der Waals surface area contributed by atoms with Crippen LogP contribution in [-0.4, -0.2) is 40.5 Å². The molecular formula is C16H19ClN4O4S. The van der Waals surface area contributed by atoms with Crippen LogP contribution in [0.25, 0.3) is 10.9 Å². The van der Waals surface area contributed by atoms with Crippen molar-refractivity contribution in [2.45, 2.75) is 30.3 Å². The highest BCUT2D eigenvalue weighted by atomic mass is 35.5. The third kappa shape index (κ3) is 4.96. The maximum absolute atomic E-state index is 12.8. The summed E-state index contributed by atoms with van der Waals surface area (Å²) < 4.78 is 6.53. The largest absolute Gasteiger partial charge is 0.385 e. The number of ether oxygens (including phenoxy) is 1. The molecule has 1 aromatic heterocycles. The van der Waals surface area contributed by atoms with E-state index in [2.05, 4.69) is 4.98 Å². The molecule has 1 unspecified atom stereocenters. The SMILES string of the molecule is COCCCn1c(SC(C)C(=O)NC(N)=O)nc2cc(Cl)ccc2c1=O. The molecule has 140 valence electrons. The van der Waals surface area contributed by atoms with Gasteiger partial charge in [0.2, 0.25) is 5.91 Å². The van der Waals surface area contributed by atoms with Gasteiger partial charge >= 0.3 is 6.03 Å². The Labute approximate surface area is 159 Å². The first-order valence-corrected chi connectivity index (χ1v) is 9.05. The standard InChI is InChI=1S/C16H19ClN4O4S/c1-9(13(22)20-15(18)24)26-16-19-12-8-10(17)4-5-11(12)14(23)21(16)6-3-7-25-2/h4-5,8-9H,3,6-7H2,1-2H3,(H3,18,20,22,24). The summed E-state index contributed by atoms with van der Waals surface area (Å²) in [5.41, 5.74) is 5.18. The van der Waals surface area contributed by atoms with Crippen molar-refractivity contribution >= 4 is 46.2 Å². The summed E-state index contributed by atoms with van der Waals surface area (Å²) in [4.78, 5) is 40.1. The molecule has 0 radical (unpaired) electrons. The number of halogens is 1. The van der Waals surface area contributed by atoms with E-state index in [0.717, 1.165) is 11.8 Å². The summed E-state index contributed by atoms with van der Waals surface area (Å²) in [7, 11) is 1.58. The van der Waals surface area contributed by atoms with Gasteiger partial charge in [-0.15, -0.1) is 0 Å². The number of nitrogens with zero attached hydrogens (tertiary/aromatic N) is 2. The first kappa shape index (κ1) is 20.2. The van der Waals surface area contributed by atoms with Gasteiger partial charge in [0.15, 0.2) is 5.16 Å². The number of benzene rings is 1. The third-order valence-electron chi connectivity index (χ3n) is 3.51. The second kappa shape index (κ2) is 9.02. The number of thioether (sulfide) groups is 1. The molecule has 1 heterocycles. The minimum atomic E-state index is -0.932. The lowest BCUT2D eigenvalue weighted by molar-refractivity contribution is -0.119. The molecule has 3 amide bonds. The normalized spacial score (nSPS) is 12.1. The van der Waals surface area contributed by atoms with E-state index < -0.39 is 17.2 Å². The molecule has 0 saturated heterocycles. The van der Waals surface area contributed by atoms with Crippen LogP contribution in [0.2, 0.25) is 5.02 Å². The average Bonchev–Trinajstić information content (AvgIpc) is 2.56. The van der Waals surface area contributed by atoms with E-state index in [4.69, 9.17) is 22.1 Å². The Morgan fingerprint density at radius 1 is 1.46 bits per heavy atom. The van der Waals surface area contributed by atoms with Gasteiger partial charge in [0.05, 0.1) is 16.2 Å². The first-order chi connectivity index (χ1) is 12.3. The summed E-state index contributed by atoms with van der Waals surface area (Å²) in [6.07, 6.45) is 0.604. The third-order valence-corrected chi connectivity index (χ3v) is 4.84. The quantitative estimate of drug-likeness (QED) is 0.417. The lowest BCUT2D eigenvalue weighted by atomic mass is 10.2. The van der Waals surface area contributed by atoms with Crippen LogP contribution < -0.4 is 16.6 Å². The van der Waals surface area contributed by atoms with Crippen molar-refractivity contribution in [3.8, 4) is 0 Å². The Morgan fingerprint density at radius 3 is 2.85 bits per heavy atom. The van der Waals surface area contributed by atoms with Crippen molar-refractivity contribution in [2.24, 2.45) is 5.73 Å². The monoisotopic (exact) mass is 398 g/mol. The number of imide groups is 1. The Morgan fingerprint density at radius 2 is 2.19 bits per heavy atom. The molecule has 1 atom stereocenters. The molecule has 10 heteroatoms. The van der Waals surface area contributed by atoms with E-state index >= 15 is 0 Å². The highest BCUT2D eigenvalue weighted by molar-refractivity contribution is 8.00. The van der Waals surface area contributed by atoms with Gasteiger partial charge in [-0.05, 0) is 31.5 Å². The van der Waals surface area contributed by atoms with Gasteiger partial charge < -0.3 is 10.5 Å². The van der Waals surface area contributed by atoms with Gasteiger partial charge in [-0.3, -0.25) is 19.5 Å². The second-order valence-corrected chi connectivity index (χ2v) is 7.22. The van der Waals surface area contributed by atoms with Gasteiger partial charge in [0.1, 0.15) is 0 Å². The summed E-state index contributed by atoms with van der Waals surface area (Å²) in [5, 5.41) is 2.58. The lowest BCUT2D eigenvalue weighted by Gasteiger charge is -2.15. The number of methoxy groups -OCH3 is 1. The molecule has 3 N–H and O–H groups in total. The van der Waals surface area contributed by atoms with E-state index in [1.807, 2.05) is 5.32 Å². The number of fused-ring (bicyclic) bond motifs is 1. The van der Waals surface area contributed by atoms with Crippen LogP contribution in [0.1, 0.15) is 13.3 Å². The maximum atomic E-state index is 12.8. The van der Waals surface area contributed by atoms with Gasteiger partial charge in [0.25, 0.3) is 5.56 Å². The van der Waals surface area contributed by atoms with E-state index in [1.165, 1.54) is 4.57 Å². The van der Waals surface area contributed by atoms with Crippen LogP contribution in [0.15, 0.2) is 28.2 Å². The Bertz CT molecular complexity index is 886. The number of carbonyl (C=O) groups excluding carboxylic acids is 2. The molecule has 0 aliphatic carbocycles. The molecule has 8 nitrogen and oxygen atoms in total. The number of aromatic nitrogens is 2. The van der Waals surface area contributed by atoms with Crippen molar-refractivity contribution in [2.75, 3.05) is 13.7 Å². The zero-order valence-corrected chi connectivity index (χ0v) is 15.9. The fourth-order valence-electron chi connectivity index (χ4n) is 2.26. The molecule has 0 saturated carbocycles. The maximum Gasteiger partial charge on any atom is 0.318 e. The fourth-order valence-corrected chi connectivity index (χ4v) is 3.36. The Kier molecular flexibility index (Phi) is 7.01. The van der Waals surface area contributed by atoms with Gasteiger partial charge in [0, 0.05) is 25.3 Å². The zero-order chi connectivity index (χ0) is 19.3. The summed E-state index contributed by atoms with van der Waals surface area (Å²) in [6, 6.07) is 3.91. The van der Waals surface area contributed by atoms with E-state index in [0.29, 0.717) is 40.7 Å². The molecule has 2 rings (SSSR count). The van der Waals surface area contributed by atoms with Crippen LogP contribution in [0.5, 0.6) is 0 Å². The molecule has 26 heavy (non-hydrogen) atoms. The average molecular weight is 399 g/mol. The molecule has 1 aromatic carbocycles. The summed E-state index contributed by atoms with van der Waals surface area (Å²) in [5.74, 6) is -0.564. The fraction of sp³-hybridized carbons (Fsp3) is 0.375. The topological polar surface area (TPSA) is 116 Å². The second-order valence-electron chi connectivity index (χ2n) is 5.47.